The summed E-state index contributed by atoms with van der Waals surface area (Å²) in [7, 11) is 0. The highest BCUT2D eigenvalue weighted by Gasteiger charge is 2.17. The molecule has 1 N–H and O–H groups in total. The molecule has 4 aromatic heterocycles. The van der Waals surface area contributed by atoms with Gasteiger partial charge in [0, 0.05) is 29.4 Å². The van der Waals surface area contributed by atoms with Crippen LogP contribution in [0, 0.1) is 6.92 Å². The zero-order valence-electron chi connectivity index (χ0n) is 14.6. The average molecular weight is 450 g/mol. The summed E-state index contributed by atoms with van der Waals surface area (Å²) < 4.78 is 0.565. The lowest BCUT2D eigenvalue weighted by molar-refractivity contribution is 1.20. The number of aromatic amines is 1. The molecule has 0 aliphatic heterocycles. The zero-order valence-corrected chi connectivity index (χ0v) is 17.0. The van der Waals surface area contributed by atoms with Crippen molar-refractivity contribution in [1.82, 2.24) is 24.9 Å². The minimum absolute atomic E-state index is 0.191. The third kappa shape index (κ3) is 2.90. The summed E-state index contributed by atoms with van der Waals surface area (Å²) in [6.45, 7) is 1.95. The van der Waals surface area contributed by atoms with Crippen LogP contribution in [0.25, 0.3) is 43.9 Å². The van der Waals surface area contributed by atoms with Gasteiger partial charge in [0.2, 0.25) is 5.43 Å². The van der Waals surface area contributed by atoms with E-state index in [0.717, 1.165) is 26.4 Å². The average Bonchev–Trinajstić information content (AvgIpc) is 3.13. The monoisotopic (exact) mass is 449 g/mol. The Bertz CT molecular complexity index is 1430. The molecule has 8 heteroatoms. The third-order valence-corrected chi connectivity index (χ3v) is 5.70. The number of aryl methyl sites for hydroxylation is 1. The van der Waals surface area contributed by atoms with E-state index in [9.17, 15) is 4.79 Å². The highest BCUT2D eigenvalue weighted by Crippen LogP contribution is 2.34. The second-order valence-corrected chi connectivity index (χ2v) is 8.34. The lowest BCUT2D eigenvalue weighted by Crippen LogP contribution is -2.07. The van der Waals surface area contributed by atoms with Crippen molar-refractivity contribution in [2.75, 3.05) is 0 Å². The summed E-state index contributed by atoms with van der Waals surface area (Å²) >= 11 is 4.86. The molecule has 0 unspecified atom stereocenters. The van der Waals surface area contributed by atoms with E-state index < -0.39 is 0 Å². The van der Waals surface area contributed by atoms with Crippen LogP contribution in [-0.4, -0.2) is 24.9 Å². The summed E-state index contributed by atoms with van der Waals surface area (Å²) in [5, 5.41) is 1.94. The van der Waals surface area contributed by atoms with E-state index >= 15 is 0 Å². The number of benzene rings is 1. The van der Waals surface area contributed by atoms with E-state index in [1.807, 2.05) is 37.3 Å². The lowest BCUT2D eigenvalue weighted by Gasteiger charge is -2.09. The fourth-order valence-electron chi connectivity index (χ4n) is 3.09. The maximum absolute atomic E-state index is 12.5. The van der Waals surface area contributed by atoms with E-state index in [1.165, 1.54) is 6.07 Å². The summed E-state index contributed by atoms with van der Waals surface area (Å²) in [6, 6.07) is 11.3. The minimum atomic E-state index is -0.191. The maximum atomic E-state index is 12.5. The molecule has 1 aromatic carbocycles. The zero-order chi connectivity index (χ0) is 19.3. The number of pyridine rings is 2. The molecule has 0 aliphatic rings. The first kappa shape index (κ1) is 17.2. The van der Waals surface area contributed by atoms with Crippen molar-refractivity contribution in [2.24, 2.45) is 0 Å². The van der Waals surface area contributed by atoms with Gasteiger partial charge in [-0.05, 0) is 41.1 Å². The van der Waals surface area contributed by atoms with Gasteiger partial charge >= 0.3 is 0 Å². The molecule has 4 heterocycles. The third-order valence-electron chi connectivity index (χ3n) is 4.36. The van der Waals surface area contributed by atoms with Crippen molar-refractivity contribution in [2.45, 2.75) is 6.92 Å². The Balaban J connectivity index is 1.85. The number of nitrogens with zero attached hydrogens (tertiary/aromatic N) is 4. The smallest absolute Gasteiger partial charge is 0.210 e. The number of aromatic nitrogens is 5. The van der Waals surface area contributed by atoms with Crippen LogP contribution in [0.4, 0.5) is 0 Å². The highest BCUT2D eigenvalue weighted by molar-refractivity contribution is 9.10. The number of nitrogens with one attached hydrogen (secondary N) is 1. The second kappa shape index (κ2) is 6.57. The number of halogens is 1. The largest absolute Gasteiger partial charge is 0.332 e. The van der Waals surface area contributed by atoms with Crippen LogP contribution >= 0.6 is 27.3 Å². The predicted molar refractivity (Wildman–Crippen MR) is 114 cm³/mol. The van der Waals surface area contributed by atoms with Gasteiger partial charge in [-0.3, -0.25) is 9.78 Å². The molecule has 0 spiro atoms. The Kier molecular flexibility index (Phi) is 4.03. The van der Waals surface area contributed by atoms with Crippen LogP contribution in [0.1, 0.15) is 5.01 Å². The maximum Gasteiger partial charge on any atom is 0.210 e. The fourth-order valence-corrected chi connectivity index (χ4v) is 4.26. The standard InChI is InChI=1S/C20H12BrN5OS/c1-10-23-9-15(28-10)19-17(12-4-5-13-11(7-12)3-2-6-22-13)25-18-14(27)8-16(21)24-20(18)26-19/h2-9H,1H3,(H,24,26,27). The number of rotatable bonds is 2. The normalized spacial score (nSPS) is 11.4. The highest BCUT2D eigenvalue weighted by atomic mass is 79.9. The van der Waals surface area contributed by atoms with Crippen LogP contribution in [-0.2, 0) is 0 Å². The summed E-state index contributed by atoms with van der Waals surface area (Å²) in [5.41, 5.74) is 3.66. The van der Waals surface area contributed by atoms with Crippen molar-refractivity contribution < 1.29 is 0 Å². The minimum Gasteiger partial charge on any atom is -0.332 e. The summed E-state index contributed by atoms with van der Waals surface area (Å²) in [4.78, 5) is 34.6. The van der Waals surface area contributed by atoms with Gasteiger partial charge in [-0.15, -0.1) is 11.3 Å². The molecule has 6 nitrogen and oxygen atoms in total. The fraction of sp³-hybridized carbons (Fsp3) is 0.0500. The predicted octanol–water partition coefficient (Wildman–Crippen LogP) is 4.73. The number of hydrogen-bond donors (Lipinski definition) is 1. The molecular weight excluding hydrogens is 438 g/mol. The van der Waals surface area contributed by atoms with Gasteiger partial charge < -0.3 is 4.98 Å². The molecule has 0 amide bonds. The molecule has 136 valence electrons. The molecule has 0 saturated carbocycles. The topological polar surface area (TPSA) is 84.4 Å². The first-order valence-corrected chi connectivity index (χ1v) is 10.1. The van der Waals surface area contributed by atoms with Gasteiger partial charge in [-0.1, -0.05) is 12.1 Å². The number of fused-ring (bicyclic) bond motifs is 2. The first-order chi connectivity index (χ1) is 13.6. The van der Waals surface area contributed by atoms with Gasteiger partial charge in [-0.25, -0.2) is 15.0 Å². The Labute approximate surface area is 171 Å². The van der Waals surface area contributed by atoms with Crippen molar-refractivity contribution in [3.05, 3.63) is 68.6 Å². The molecule has 0 fully saturated rings. The van der Waals surface area contributed by atoms with Crippen molar-refractivity contribution in [3.63, 3.8) is 0 Å². The molecule has 0 radical (unpaired) electrons. The van der Waals surface area contributed by atoms with Crippen LogP contribution in [0.15, 0.2) is 58.2 Å². The summed E-state index contributed by atoms with van der Waals surface area (Å²) in [5.74, 6) is 0. The van der Waals surface area contributed by atoms with E-state index in [1.54, 1.807) is 23.7 Å². The van der Waals surface area contributed by atoms with Crippen molar-refractivity contribution in [1.29, 1.82) is 0 Å². The van der Waals surface area contributed by atoms with Gasteiger partial charge in [0.15, 0.2) is 11.2 Å². The molecule has 5 aromatic rings. The van der Waals surface area contributed by atoms with Gasteiger partial charge in [-0.2, -0.15) is 0 Å². The number of H-pyrrole nitrogens is 1. The van der Waals surface area contributed by atoms with Gasteiger partial charge in [0.1, 0.15) is 5.69 Å². The van der Waals surface area contributed by atoms with E-state index in [2.05, 4.69) is 30.9 Å². The molecule has 0 atom stereocenters. The molecule has 0 bridgehead atoms. The number of hydrogen-bond acceptors (Lipinski definition) is 6. The summed E-state index contributed by atoms with van der Waals surface area (Å²) in [6.07, 6.45) is 3.55. The van der Waals surface area contributed by atoms with E-state index in [4.69, 9.17) is 9.97 Å². The van der Waals surface area contributed by atoms with Crippen LogP contribution < -0.4 is 5.43 Å². The Morgan fingerprint density at radius 3 is 2.79 bits per heavy atom. The number of thiazole rings is 1. The van der Waals surface area contributed by atoms with E-state index in [0.29, 0.717) is 27.2 Å². The lowest BCUT2D eigenvalue weighted by atomic mass is 10.1. The van der Waals surface area contributed by atoms with Crippen LogP contribution in [0.3, 0.4) is 0 Å². The van der Waals surface area contributed by atoms with Crippen LogP contribution in [0.5, 0.6) is 0 Å². The van der Waals surface area contributed by atoms with Crippen molar-refractivity contribution >= 4 is 49.3 Å². The Morgan fingerprint density at radius 1 is 1.07 bits per heavy atom. The molecule has 5 rings (SSSR count). The molecule has 28 heavy (non-hydrogen) atoms. The molecular formula is C20H12BrN5OS. The van der Waals surface area contributed by atoms with Crippen molar-refractivity contribution in [3.8, 4) is 21.8 Å². The van der Waals surface area contributed by atoms with Gasteiger partial charge in [0.05, 0.1) is 25.7 Å². The SMILES string of the molecule is Cc1ncc(-c2nc3[nH]c(Br)cc(=O)c3nc2-c2ccc3ncccc3c2)s1. The van der Waals surface area contributed by atoms with Gasteiger partial charge in [0.25, 0.3) is 0 Å². The molecule has 0 aliphatic carbocycles. The Morgan fingerprint density at radius 2 is 1.96 bits per heavy atom. The van der Waals surface area contributed by atoms with E-state index in [-0.39, 0.29) is 5.43 Å². The second-order valence-electron chi connectivity index (χ2n) is 6.25. The molecule has 0 saturated heterocycles. The Hall–Kier alpha value is -2.97. The quantitative estimate of drug-likeness (QED) is 0.393. The first-order valence-electron chi connectivity index (χ1n) is 8.47. The van der Waals surface area contributed by atoms with Crippen LogP contribution in [0.2, 0.25) is 0 Å².